The van der Waals surface area contributed by atoms with E-state index in [9.17, 15) is 0 Å². The smallest absolute Gasteiger partial charge is 0.0542 e. The van der Waals surface area contributed by atoms with Gasteiger partial charge in [0.2, 0.25) is 0 Å². The highest BCUT2D eigenvalue weighted by atomic mass is 35.5. The van der Waals surface area contributed by atoms with E-state index < -0.39 is 0 Å². The summed E-state index contributed by atoms with van der Waals surface area (Å²) in [5, 5.41) is 0.201. The van der Waals surface area contributed by atoms with Crippen LogP contribution in [-0.2, 0) is 0 Å². The van der Waals surface area contributed by atoms with E-state index in [0.717, 1.165) is 12.8 Å². The van der Waals surface area contributed by atoms with Gasteiger partial charge in [-0.1, -0.05) is 6.42 Å². The molecule has 4 atom stereocenters. The molecular formula is C8H15Cl2N. The molecule has 0 aromatic heterocycles. The fourth-order valence-electron chi connectivity index (χ4n) is 1.69. The van der Waals surface area contributed by atoms with Crippen LogP contribution in [-0.4, -0.2) is 16.8 Å². The topological polar surface area (TPSA) is 26.0 Å². The van der Waals surface area contributed by atoms with Gasteiger partial charge in [-0.3, -0.25) is 0 Å². The zero-order chi connectivity index (χ0) is 8.43. The summed E-state index contributed by atoms with van der Waals surface area (Å²) in [5.74, 6) is 0.410. The lowest BCUT2D eigenvalue weighted by atomic mass is 9.84. The monoisotopic (exact) mass is 195 g/mol. The maximum atomic E-state index is 6.12. The van der Waals surface area contributed by atoms with Crippen molar-refractivity contribution in [2.45, 2.75) is 43.0 Å². The van der Waals surface area contributed by atoms with Gasteiger partial charge in [0.1, 0.15) is 0 Å². The molecule has 0 spiro atoms. The molecule has 1 aliphatic rings. The summed E-state index contributed by atoms with van der Waals surface area (Å²) in [7, 11) is 0. The molecule has 0 aromatic rings. The molecule has 11 heavy (non-hydrogen) atoms. The average Bonchev–Trinajstić information content (AvgIpc) is 1.94. The summed E-state index contributed by atoms with van der Waals surface area (Å²) in [6, 6.07) is 0.180. The number of halogens is 2. The van der Waals surface area contributed by atoms with Crippen molar-refractivity contribution in [3.05, 3.63) is 0 Å². The SMILES string of the molecule is CC(N)C1CCCC(Cl)C1Cl. The van der Waals surface area contributed by atoms with Gasteiger partial charge in [0.05, 0.1) is 10.8 Å². The highest BCUT2D eigenvalue weighted by Gasteiger charge is 2.32. The maximum absolute atomic E-state index is 6.12. The van der Waals surface area contributed by atoms with Crippen molar-refractivity contribution in [3.63, 3.8) is 0 Å². The van der Waals surface area contributed by atoms with Crippen LogP contribution in [0.5, 0.6) is 0 Å². The van der Waals surface area contributed by atoms with Crippen LogP contribution in [0.25, 0.3) is 0 Å². The quantitative estimate of drug-likeness (QED) is 0.640. The first-order chi connectivity index (χ1) is 5.13. The van der Waals surface area contributed by atoms with Gasteiger partial charge in [0.15, 0.2) is 0 Å². The normalized spacial score (nSPS) is 42.0. The van der Waals surface area contributed by atoms with Crippen LogP contribution in [0, 0.1) is 5.92 Å². The highest BCUT2D eigenvalue weighted by molar-refractivity contribution is 6.30. The first-order valence-corrected chi connectivity index (χ1v) is 5.04. The third kappa shape index (κ3) is 2.24. The molecule has 66 valence electrons. The Labute approximate surface area is 78.2 Å². The molecule has 0 aromatic carbocycles. The highest BCUT2D eigenvalue weighted by Crippen LogP contribution is 2.33. The Balaban J connectivity index is 2.51. The van der Waals surface area contributed by atoms with E-state index in [1.807, 2.05) is 6.92 Å². The summed E-state index contributed by atoms with van der Waals surface area (Å²) in [4.78, 5) is 0. The van der Waals surface area contributed by atoms with Crippen LogP contribution in [0.15, 0.2) is 0 Å². The molecule has 1 nitrogen and oxygen atoms in total. The molecule has 1 aliphatic carbocycles. The third-order valence-corrected chi connectivity index (χ3v) is 3.69. The molecule has 0 saturated heterocycles. The van der Waals surface area contributed by atoms with Crippen LogP contribution in [0.4, 0.5) is 0 Å². The number of hydrogen-bond donors (Lipinski definition) is 1. The predicted octanol–water partition coefficient (Wildman–Crippen LogP) is 2.35. The van der Waals surface area contributed by atoms with Gasteiger partial charge in [-0.25, -0.2) is 0 Å². The van der Waals surface area contributed by atoms with E-state index in [1.54, 1.807) is 0 Å². The number of hydrogen-bond acceptors (Lipinski definition) is 1. The van der Waals surface area contributed by atoms with Gasteiger partial charge < -0.3 is 5.73 Å². The van der Waals surface area contributed by atoms with Gasteiger partial charge in [0, 0.05) is 6.04 Å². The first kappa shape index (κ1) is 9.63. The number of alkyl halides is 2. The van der Waals surface area contributed by atoms with E-state index in [-0.39, 0.29) is 16.8 Å². The van der Waals surface area contributed by atoms with Gasteiger partial charge >= 0.3 is 0 Å². The average molecular weight is 196 g/mol. The van der Waals surface area contributed by atoms with Gasteiger partial charge in [-0.2, -0.15) is 0 Å². The van der Waals surface area contributed by atoms with E-state index >= 15 is 0 Å². The van der Waals surface area contributed by atoms with E-state index in [2.05, 4.69) is 0 Å². The minimum Gasteiger partial charge on any atom is -0.328 e. The maximum Gasteiger partial charge on any atom is 0.0542 e. The zero-order valence-corrected chi connectivity index (χ0v) is 8.28. The predicted molar refractivity (Wildman–Crippen MR) is 50.3 cm³/mol. The van der Waals surface area contributed by atoms with Gasteiger partial charge in [-0.15, -0.1) is 23.2 Å². The standard InChI is InChI=1S/C8H15Cl2N/c1-5(11)6-3-2-4-7(9)8(6)10/h5-8H,2-4,11H2,1H3. The number of rotatable bonds is 1. The van der Waals surface area contributed by atoms with Crippen LogP contribution < -0.4 is 5.73 Å². The fraction of sp³-hybridized carbons (Fsp3) is 1.00. The largest absolute Gasteiger partial charge is 0.328 e. The molecule has 1 fully saturated rings. The van der Waals surface area contributed by atoms with Crippen molar-refractivity contribution in [2.75, 3.05) is 0 Å². The minimum atomic E-state index is 0.0745. The Morgan fingerprint density at radius 2 is 2.00 bits per heavy atom. The molecule has 0 heterocycles. The van der Waals surface area contributed by atoms with Crippen molar-refractivity contribution in [1.82, 2.24) is 0 Å². The van der Waals surface area contributed by atoms with Crippen LogP contribution >= 0.6 is 23.2 Å². The molecule has 0 aliphatic heterocycles. The summed E-state index contributed by atoms with van der Waals surface area (Å²) in [6.45, 7) is 2.01. The summed E-state index contributed by atoms with van der Waals surface area (Å²) >= 11 is 12.1. The zero-order valence-electron chi connectivity index (χ0n) is 6.76. The second-order valence-corrected chi connectivity index (χ2v) is 4.48. The molecule has 3 heteroatoms. The Bertz CT molecular complexity index is 127. The van der Waals surface area contributed by atoms with Crippen molar-refractivity contribution < 1.29 is 0 Å². The Morgan fingerprint density at radius 3 is 2.45 bits per heavy atom. The van der Waals surface area contributed by atoms with Crippen molar-refractivity contribution in [3.8, 4) is 0 Å². The van der Waals surface area contributed by atoms with Crippen molar-refractivity contribution in [1.29, 1.82) is 0 Å². The molecular weight excluding hydrogens is 181 g/mol. The Kier molecular flexibility index (Phi) is 3.48. The Hall–Kier alpha value is 0.540. The van der Waals surface area contributed by atoms with Crippen LogP contribution in [0.2, 0.25) is 0 Å². The molecule has 4 unspecified atom stereocenters. The van der Waals surface area contributed by atoms with E-state index in [4.69, 9.17) is 28.9 Å². The van der Waals surface area contributed by atoms with E-state index in [0.29, 0.717) is 5.92 Å². The second kappa shape index (κ2) is 3.97. The first-order valence-electron chi connectivity index (χ1n) is 4.16. The lowest BCUT2D eigenvalue weighted by molar-refractivity contribution is 0.327. The van der Waals surface area contributed by atoms with E-state index in [1.165, 1.54) is 6.42 Å². The third-order valence-electron chi connectivity index (χ3n) is 2.45. The molecule has 0 bridgehead atoms. The van der Waals surface area contributed by atoms with Crippen LogP contribution in [0.3, 0.4) is 0 Å². The van der Waals surface area contributed by atoms with Gasteiger partial charge in [0.25, 0.3) is 0 Å². The molecule has 1 saturated carbocycles. The number of nitrogens with two attached hydrogens (primary N) is 1. The van der Waals surface area contributed by atoms with Gasteiger partial charge in [-0.05, 0) is 25.7 Å². The van der Waals surface area contributed by atoms with Crippen molar-refractivity contribution in [2.24, 2.45) is 11.7 Å². The van der Waals surface area contributed by atoms with Crippen molar-refractivity contribution >= 4 is 23.2 Å². The summed E-state index contributed by atoms with van der Waals surface area (Å²) < 4.78 is 0. The van der Waals surface area contributed by atoms with Crippen LogP contribution in [0.1, 0.15) is 26.2 Å². The molecule has 0 amide bonds. The second-order valence-electron chi connectivity index (χ2n) is 3.41. The fourth-order valence-corrected chi connectivity index (χ4v) is 2.51. The molecule has 0 radical (unpaired) electrons. The summed E-state index contributed by atoms with van der Waals surface area (Å²) in [5.41, 5.74) is 5.78. The molecule has 1 rings (SSSR count). The summed E-state index contributed by atoms with van der Waals surface area (Å²) in [6.07, 6.45) is 3.34. The molecule has 2 N–H and O–H groups in total. The minimum absolute atomic E-state index is 0.0745. The lowest BCUT2D eigenvalue weighted by Crippen LogP contribution is -2.40. The Morgan fingerprint density at radius 1 is 1.36 bits per heavy atom. The lowest BCUT2D eigenvalue weighted by Gasteiger charge is -2.33.